The number of alkyl halides is 1. The van der Waals surface area contributed by atoms with E-state index in [-0.39, 0.29) is 24.1 Å². The first-order valence-electron chi connectivity index (χ1n) is 6.37. The van der Waals surface area contributed by atoms with Crippen molar-refractivity contribution in [2.75, 3.05) is 5.33 Å². The molecule has 2 aromatic rings. The molecule has 1 atom stereocenters. The molecule has 2 aromatic carbocycles. The molecule has 0 aromatic heterocycles. The van der Waals surface area contributed by atoms with E-state index in [2.05, 4.69) is 21.2 Å². The molecular weight excluding hydrogens is 318 g/mol. The van der Waals surface area contributed by atoms with Crippen molar-refractivity contribution in [3.63, 3.8) is 0 Å². The Morgan fingerprint density at radius 3 is 2.55 bits per heavy atom. The lowest BCUT2D eigenvalue weighted by Gasteiger charge is -2.16. The second-order valence-electron chi connectivity index (χ2n) is 4.53. The third-order valence-electron chi connectivity index (χ3n) is 2.97. The SMILES string of the molecule is O=C(Cc1cccc(O)c1)NC(CBr)c1ccccc1. The van der Waals surface area contributed by atoms with Gasteiger partial charge in [-0.15, -0.1) is 0 Å². The van der Waals surface area contributed by atoms with E-state index in [0.717, 1.165) is 11.1 Å². The second-order valence-corrected chi connectivity index (χ2v) is 5.18. The van der Waals surface area contributed by atoms with Gasteiger partial charge in [-0.3, -0.25) is 4.79 Å². The number of carbonyl (C=O) groups excluding carboxylic acids is 1. The van der Waals surface area contributed by atoms with Gasteiger partial charge in [0.25, 0.3) is 0 Å². The Bertz CT molecular complexity index is 572. The van der Waals surface area contributed by atoms with Crippen LogP contribution in [0.1, 0.15) is 17.2 Å². The largest absolute Gasteiger partial charge is 0.508 e. The minimum absolute atomic E-state index is 0.0546. The smallest absolute Gasteiger partial charge is 0.224 e. The molecule has 104 valence electrons. The molecule has 0 saturated carbocycles. The molecule has 0 bridgehead atoms. The Morgan fingerprint density at radius 2 is 1.90 bits per heavy atom. The zero-order valence-corrected chi connectivity index (χ0v) is 12.5. The van der Waals surface area contributed by atoms with E-state index in [1.807, 2.05) is 36.4 Å². The van der Waals surface area contributed by atoms with Gasteiger partial charge in [-0.25, -0.2) is 0 Å². The van der Waals surface area contributed by atoms with Gasteiger partial charge in [0.05, 0.1) is 12.5 Å². The Morgan fingerprint density at radius 1 is 1.15 bits per heavy atom. The van der Waals surface area contributed by atoms with Crippen molar-refractivity contribution in [2.24, 2.45) is 0 Å². The monoisotopic (exact) mass is 333 g/mol. The van der Waals surface area contributed by atoms with Gasteiger partial charge in [0.1, 0.15) is 5.75 Å². The van der Waals surface area contributed by atoms with Crippen molar-refractivity contribution >= 4 is 21.8 Å². The standard InChI is InChI=1S/C16H16BrNO2/c17-11-15(13-6-2-1-3-7-13)18-16(20)10-12-5-4-8-14(19)9-12/h1-9,15,19H,10-11H2,(H,18,20). The van der Waals surface area contributed by atoms with Crippen molar-refractivity contribution in [3.05, 3.63) is 65.7 Å². The highest BCUT2D eigenvalue weighted by Gasteiger charge is 2.13. The maximum absolute atomic E-state index is 12.1. The lowest BCUT2D eigenvalue weighted by atomic mass is 10.1. The second kappa shape index (κ2) is 7.10. The lowest BCUT2D eigenvalue weighted by molar-refractivity contribution is -0.121. The first-order chi connectivity index (χ1) is 9.69. The van der Waals surface area contributed by atoms with Crippen LogP contribution < -0.4 is 5.32 Å². The first kappa shape index (κ1) is 14.6. The van der Waals surface area contributed by atoms with E-state index >= 15 is 0 Å². The Kier molecular flexibility index (Phi) is 5.18. The molecule has 1 unspecified atom stereocenters. The van der Waals surface area contributed by atoms with Crippen LogP contribution >= 0.6 is 15.9 Å². The number of nitrogens with one attached hydrogen (secondary N) is 1. The van der Waals surface area contributed by atoms with Gasteiger partial charge >= 0.3 is 0 Å². The maximum Gasteiger partial charge on any atom is 0.224 e. The van der Waals surface area contributed by atoms with Crippen LogP contribution in [0.4, 0.5) is 0 Å². The Labute approximate surface area is 126 Å². The number of benzene rings is 2. The summed E-state index contributed by atoms with van der Waals surface area (Å²) in [6.45, 7) is 0. The van der Waals surface area contributed by atoms with Crippen molar-refractivity contribution in [1.82, 2.24) is 5.32 Å². The highest BCUT2D eigenvalue weighted by molar-refractivity contribution is 9.09. The summed E-state index contributed by atoms with van der Waals surface area (Å²) >= 11 is 3.42. The number of hydrogen-bond donors (Lipinski definition) is 2. The summed E-state index contributed by atoms with van der Waals surface area (Å²) in [6.07, 6.45) is 0.255. The molecular formula is C16H16BrNO2. The van der Waals surface area contributed by atoms with E-state index in [4.69, 9.17) is 0 Å². The number of amides is 1. The fourth-order valence-corrected chi connectivity index (χ4v) is 2.53. The van der Waals surface area contributed by atoms with Gasteiger partial charge < -0.3 is 10.4 Å². The molecule has 0 saturated heterocycles. The van der Waals surface area contributed by atoms with Gasteiger partial charge in [0.2, 0.25) is 5.91 Å². The predicted octanol–water partition coefficient (Wildman–Crippen LogP) is 3.19. The molecule has 0 aliphatic carbocycles. The van der Waals surface area contributed by atoms with Crippen LogP contribution in [0, 0.1) is 0 Å². The zero-order valence-electron chi connectivity index (χ0n) is 10.9. The number of phenolic OH excluding ortho intramolecular Hbond substituents is 1. The summed E-state index contributed by atoms with van der Waals surface area (Å²) in [5, 5.41) is 13.0. The summed E-state index contributed by atoms with van der Waals surface area (Å²) in [5.74, 6) is 0.110. The van der Waals surface area contributed by atoms with Crippen LogP contribution in [0.3, 0.4) is 0 Å². The molecule has 2 rings (SSSR count). The van der Waals surface area contributed by atoms with Crippen molar-refractivity contribution in [2.45, 2.75) is 12.5 Å². The van der Waals surface area contributed by atoms with Gasteiger partial charge in [-0.2, -0.15) is 0 Å². The molecule has 0 radical (unpaired) electrons. The topological polar surface area (TPSA) is 49.3 Å². The number of rotatable bonds is 5. The molecule has 4 heteroatoms. The summed E-state index contributed by atoms with van der Waals surface area (Å²) in [4.78, 5) is 12.1. The number of aromatic hydroxyl groups is 1. The third-order valence-corrected chi connectivity index (χ3v) is 3.61. The zero-order chi connectivity index (χ0) is 14.4. The summed E-state index contributed by atoms with van der Waals surface area (Å²) in [6, 6.07) is 16.5. The van der Waals surface area contributed by atoms with E-state index in [9.17, 15) is 9.90 Å². The fraction of sp³-hybridized carbons (Fsp3) is 0.188. The fourth-order valence-electron chi connectivity index (χ4n) is 1.99. The number of halogens is 1. The lowest BCUT2D eigenvalue weighted by Crippen LogP contribution is -2.30. The van der Waals surface area contributed by atoms with Gasteiger partial charge in [0.15, 0.2) is 0 Å². The highest BCUT2D eigenvalue weighted by atomic mass is 79.9. The van der Waals surface area contributed by atoms with Crippen molar-refractivity contribution in [1.29, 1.82) is 0 Å². The highest BCUT2D eigenvalue weighted by Crippen LogP contribution is 2.16. The summed E-state index contributed by atoms with van der Waals surface area (Å²) in [7, 11) is 0. The molecule has 0 heterocycles. The average molecular weight is 334 g/mol. The van der Waals surface area contributed by atoms with Crippen LogP contribution in [0.25, 0.3) is 0 Å². The molecule has 3 nitrogen and oxygen atoms in total. The quantitative estimate of drug-likeness (QED) is 0.825. The van der Waals surface area contributed by atoms with E-state index in [1.54, 1.807) is 18.2 Å². The van der Waals surface area contributed by atoms with E-state index < -0.39 is 0 Å². The Hall–Kier alpha value is -1.81. The van der Waals surface area contributed by atoms with Crippen molar-refractivity contribution < 1.29 is 9.90 Å². The molecule has 20 heavy (non-hydrogen) atoms. The average Bonchev–Trinajstić information content (AvgIpc) is 2.45. The summed E-state index contributed by atoms with van der Waals surface area (Å²) < 4.78 is 0. The van der Waals surface area contributed by atoms with Crippen LogP contribution in [-0.2, 0) is 11.2 Å². The van der Waals surface area contributed by atoms with E-state index in [0.29, 0.717) is 5.33 Å². The van der Waals surface area contributed by atoms with Crippen molar-refractivity contribution in [3.8, 4) is 5.75 Å². The third kappa shape index (κ3) is 4.10. The maximum atomic E-state index is 12.1. The van der Waals surface area contributed by atoms with Gasteiger partial charge in [-0.05, 0) is 23.3 Å². The molecule has 0 aliphatic rings. The van der Waals surface area contributed by atoms with E-state index in [1.165, 1.54) is 0 Å². The van der Waals surface area contributed by atoms with Crippen LogP contribution in [-0.4, -0.2) is 16.3 Å². The minimum atomic E-state index is -0.0658. The molecule has 2 N–H and O–H groups in total. The normalized spacial score (nSPS) is 11.8. The van der Waals surface area contributed by atoms with Gasteiger partial charge in [-0.1, -0.05) is 58.4 Å². The number of phenols is 1. The van der Waals surface area contributed by atoms with Crippen LogP contribution in [0.2, 0.25) is 0 Å². The molecule has 1 amide bonds. The van der Waals surface area contributed by atoms with Gasteiger partial charge in [0, 0.05) is 5.33 Å². The first-order valence-corrected chi connectivity index (χ1v) is 7.49. The molecule has 0 fully saturated rings. The van der Waals surface area contributed by atoms with Crippen LogP contribution in [0.15, 0.2) is 54.6 Å². The predicted molar refractivity (Wildman–Crippen MR) is 82.9 cm³/mol. The van der Waals surface area contributed by atoms with Crippen LogP contribution in [0.5, 0.6) is 5.75 Å². The minimum Gasteiger partial charge on any atom is -0.508 e. The Balaban J connectivity index is 2.00. The summed E-state index contributed by atoms with van der Waals surface area (Å²) in [5.41, 5.74) is 1.86. The number of carbonyl (C=O) groups is 1. The number of hydrogen-bond acceptors (Lipinski definition) is 2. The molecule has 0 spiro atoms. The molecule has 0 aliphatic heterocycles.